The van der Waals surface area contributed by atoms with Gasteiger partial charge in [-0.25, -0.2) is 9.37 Å². The van der Waals surface area contributed by atoms with Crippen LogP contribution in [0.4, 0.5) is 4.39 Å². The van der Waals surface area contributed by atoms with E-state index in [1.54, 1.807) is 29.2 Å². The lowest BCUT2D eigenvalue weighted by molar-refractivity contribution is -0.121. The molecule has 94 valence electrons. The Morgan fingerprint density at radius 3 is 2.94 bits per heavy atom. The first-order valence-electron chi connectivity index (χ1n) is 5.58. The first-order valence-corrected chi connectivity index (χ1v) is 5.58. The van der Waals surface area contributed by atoms with E-state index < -0.39 is 0 Å². The Balaban J connectivity index is 1.77. The molecule has 0 saturated heterocycles. The van der Waals surface area contributed by atoms with E-state index in [1.165, 1.54) is 12.4 Å². The molecule has 18 heavy (non-hydrogen) atoms. The number of hydrogen-bond acceptors (Lipinski definition) is 3. The Bertz CT molecular complexity index is 513. The Morgan fingerprint density at radius 1 is 1.39 bits per heavy atom. The van der Waals surface area contributed by atoms with Gasteiger partial charge in [-0.3, -0.25) is 9.48 Å². The molecule has 0 atom stereocenters. The molecule has 1 aromatic heterocycles. The van der Waals surface area contributed by atoms with E-state index in [0.717, 1.165) is 0 Å². The molecule has 5 nitrogen and oxygen atoms in total. The third-order valence-electron chi connectivity index (χ3n) is 2.47. The molecule has 0 aliphatic carbocycles. The molecule has 2 aromatic rings. The van der Waals surface area contributed by atoms with Gasteiger partial charge in [0.1, 0.15) is 18.5 Å². The Hall–Kier alpha value is -2.24. The maximum Gasteiger partial charge on any atom is 0.222 e. The summed E-state index contributed by atoms with van der Waals surface area (Å²) >= 11 is 0. The molecule has 0 aliphatic rings. The average Bonchev–Trinajstić information content (AvgIpc) is 2.88. The van der Waals surface area contributed by atoms with E-state index in [0.29, 0.717) is 12.1 Å². The number of rotatable bonds is 5. The third-order valence-corrected chi connectivity index (χ3v) is 2.47. The highest BCUT2D eigenvalue weighted by Gasteiger charge is 2.04. The van der Waals surface area contributed by atoms with Crippen molar-refractivity contribution in [3.8, 4) is 0 Å². The Morgan fingerprint density at radius 2 is 2.22 bits per heavy atom. The van der Waals surface area contributed by atoms with Gasteiger partial charge in [0.15, 0.2) is 0 Å². The minimum absolute atomic E-state index is 0.145. The van der Waals surface area contributed by atoms with Crippen LogP contribution < -0.4 is 5.32 Å². The molecule has 0 spiro atoms. The molecule has 1 amide bonds. The highest BCUT2D eigenvalue weighted by Crippen LogP contribution is 2.05. The Kier molecular flexibility index (Phi) is 4.01. The SMILES string of the molecule is O=C(CCn1cncn1)NCc1ccccc1F. The van der Waals surface area contributed by atoms with Crippen molar-refractivity contribution >= 4 is 5.91 Å². The summed E-state index contributed by atoms with van der Waals surface area (Å²) in [7, 11) is 0. The van der Waals surface area contributed by atoms with Crippen molar-refractivity contribution in [1.82, 2.24) is 20.1 Å². The molecular weight excluding hydrogens is 235 g/mol. The zero-order valence-electron chi connectivity index (χ0n) is 9.71. The van der Waals surface area contributed by atoms with E-state index in [-0.39, 0.29) is 24.7 Å². The summed E-state index contributed by atoms with van der Waals surface area (Å²) in [6, 6.07) is 6.37. The van der Waals surface area contributed by atoms with E-state index in [9.17, 15) is 9.18 Å². The highest BCUT2D eigenvalue weighted by molar-refractivity contribution is 5.75. The number of hydrogen-bond donors (Lipinski definition) is 1. The number of aromatic nitrogens is 3. The minimum Gasteiger partial charge on any atom is -0.352 e. The number of aryl methyl sites for hydroxylation is 1. The summed E-state index contributed by atoms with van der Waals surface area (Å²) in [5.74, 6) is -0.456. The number of carbonyl (C=O) groups excluding carboxylic acids is 1. The van der Waals surface area contributed by atoms with Gasteiger partial charge in [-0.15, -0.1) is 0 Å². The summed E-state index contributed by atoms with van der Waals surface area (Å²) in [5.41, 5.74) is 0.478. The quantitative estimate of drug-likeness (QED) is 0.862. The van der Waals surface area contributed by atoms with Crippen molar-refractivity contribution < 1.29 is 9.18 Å². The maximum absolute atomic E-state index is 13.3. The Labute approximate surface area is 104 Å². The van der Waals surface area contributed by atoms with Crippen molar-refractivity contribution in [3.63, 3.8) is 0 Å². The van der Waals surface area contributed by atoms with Gasteiger partial charge in [-0.05, 0) is 6.07 Å². The summed E-state index contributed by atoms with van der Waals surface area (Å²) in [6.45, 7) is 0.659. The standard InChI is InChI=1S/C12H13FN4O/c13-11-4-2-1-3-10(11)7-15-12(18)5-6-17-9-14-8-16-17/h1-4,8-9H,5-7H2,(H,15,18). The lowest BCUT2D eigenvalue weighted by atomic mass is 10.2. The van der Waals surface area contributed by atoms with Gasteiger partial charge in [0.25, 0.3) is 0 Å². The van der Waals surface area contributed by atoms with Crippen LogP contribution in [-0.2, 0) is 17.9 Å². The number of benzene rings is 1. The molecule has 1 N–H and O–H groups in total. The molecule has 0 unspecified atom stereocenters. The lowest BCUT2D eigenvalue weighted by Gasteiger charge is -2.06. The zero-order valence-corrected chi connectivity index (χ0v) is 9.71. The monoisotopic (exact) mass is 248 g/mol. The molecule has 1 heterocycles. The zero-order chi connectivity index (χ0) is 12.8. The van der Waals surface area contributed by atoms with E-state index in [1.807, 2.05) is 0 Å². The minimum atomic E-state index is -0.311. The van der Waals surface area contributed by atoms with Crippen LogP contribution in [0.25, 0.3) is 0 Å². The van der Waals surface area contributed by atoms with Crippen molar-refractivity contribution in [2.24, 2.45) is 0 Å². The number of halogens is 1. The van der Waals surface area contributed by atoms with Crippen molar-refractivity contribution in [2.45, 2.75) is 19.5 Å². The van der Waals surface area contributed by atoms with E-state index >= 15 is 0 Å². The molecular formula is C12H13FN4O. The second kappa shape index (κ2) is 5.90. The first kappa shape index (κ1) is 12.2. The van der Waals surface area contributed by atoms with Crippen LogP contribution in [-0.4, -0.2) is 20.7 Å². The van der Waals surface area contributed by atoms with Gasteiger partial charge in [0, 0.05) is 18.5 Å². The summed E-state index contributed by atoms with van der Waals surface area (Å²) in [6.07, 6.45) is 3.25. The summed E-state index contributed by atoms with van der Waals surface area (Å²) < 4.78 is 14.8. The van der Waals surface area contributed by atoms with Crippen LogP contribution in [0.1, 0.15) is 12.0 Å². The van der Waals surface area contributed by atoms with Crippen molar-refractivity contribution in [2.75, 3.05) is 0 Å². The second-order valence-electron chi connectivity index (χ2n) is 3.78. The fraction of sp³-hybridized carbons (Fsp3) is 0.250. The van der Waals surface area contributed by atoms with Gasteiger partial charge in [-0.2, -0.15) is 5.10 Å². The molecule has 0 bridgehead atoms. The van der Waals surface area contributed by atoms with Gasteiger partial charge in [-0.1, -0.05) is 18.2 Å². The molecule has 0 fully saturated rings. The predicted molar refractivity (Wildman–Crippen MR) is 62.9 cm³/mol. The van der Waals surface area contributed by atoms with Crippen LogP contribution in [0.2, 0.25) is 0 Å². The van der Waals surface area contributed by atoms with Crippen molar-refractivity contribution in [1.29, 1.82) is 0 Å². The van der Waals surface area contributed by atoms with Gasteiger partial charge >= 0.3 is 0 Å². The molecule has 0 radical (unpaired) electrons. The molecule has 6 heteroatoms. The van der Waals surface area contributed by atoms with Crippen LogP contribution in [0.5, 0.6) is 0 Å². The predicted octanol–water partition coefficient (Wildman–Crippen LogP) is 1.12. The van der Waals surface area contributed by atoms with Crippen LogP contribution in [0.3, 0.4) is 0 Å². The van der Waals surface area contributed by atoms with Crippen LogP contribution in [0, 0.1) is 5.82 Å². The largest absolute Gasteiger partial charge is 0.352 e. The maximum atomic E-state index is 13.3. The number of nitrogens with zero attached hydrogens (tertiary/aromatic N) is 3. The van der Waals surface area contributed by atoms with Gasteiger partial charge < -0.3 is 5.32 Å². The molecule has 0 saturated carbocycles. The normalized spacial score (nSPS) is 10.3. The highest BCUT2D eigenvalue weighted by atomic mass is 19.1. The van der Waals surface area contributed by atoms with Crippen molar-refractivity contribution in [3.05, 3.63) is 48.3 Å². The second-order valence-corrected chi connectivity index (χ2v) is 3.78. The number of carbonyl (C=O) groups is 1. The average molecular weight is 248 g/mol. The number of nitrogens with one attached hydrogen (secondary N) is 1. The third kappa shape index (κ3) is 3.38. The van der Waals surface area contributed by atoms with Gasteiger partial charge in [0.2, 0.25) is 5.91 Å². The number of amides is 1. The smallest absolute Gasteiger partial charge is 0.222 e. The lowest BCUT2D eigenvalue weighted by Crippen LogP contribution is -2.24. The topological polar surface area (TPSA) is 59.8 Å². The fourth-order valence-corrected chi connectivity index (χ4v) is 1.49. The van der Waals surface area contributed by atoms with Gasteiger partial charge in [0.05, 0.1) is 6.54 Å². The fourth-order valence-electron chi connectivity index (χ4n) is 1.49. The van der Waals surface area contributed by atoms with E-state index in [4.69, 9.17) is 0 Å². The van der Waals surface area contributed by atoms with E-state index in [2.05, 4.69) is 15.4 Å². The van der Waals surface area contributed by atoms with Crippen LogP contribution in [0.15, 0.2) is 36.9 Å². The molecule has 1 aromatic carbocycles. The molecule has 2 rings (SSSR count). The molecule has 0 aliphatic heterocycles. The summed E-state index contributed by atoms with van der Waals surface area (Å²) in [5, 5.41) is 6.55. The first-order chi connectivity index (χ1) is 8.75. The van der Waals surface area contributed by atoms with Crippen LogP contribution >= 0.6 is 0 Å². The summed E-state index contributed by atoms with van der Waals surface area (Å²) in [4.78, 5) is 15.3.